The number of nitrogens with zero attached hydrogens (tertiary/aromatic N) is 2. The van der Waals surface area contributed by atoms with E-state index in [9.17, 15) is 14.7 Å². The van der Waals surface area contributed by atoms with Gasteiger partial charge in [-0.15, -0.1) is 11.8 Å². The summed E-state index contributed by atoms with van der Waals surface area (Å²) in [7, 11) is 2.08. The summed E-state index contributed by atoms with van der Waals surface area (Å²) in [5.74, 6) is -0.113. The third kappa shape index (κ3) is 5.54. The van der Waals surface area contributed by atoms with Gasteiger partial charge in [-0.2, -0.15) is 0 Å². The summed E-state index contributed by atoms with van der Waals surface area (Å²) in [6.45, 7) is 7.25. The first-order chi connectivity index (χ1) is 17.3. The van der Waals surface area contributed by atoms with Crippen molar-refractivity contribution in [1.82, 2.24) is 9.80 Å². The zero-order valence-corrected chi connectivity index (χ0v) is 22.4. The molecule has 0 saturated carbocycles. The first-order valence-corrected chi connectivity index (χ1v) is 13.8. The van der Waals surface area contributed by atoms with Crippen molar-refractivity contribution >= 4 is 24.0 Å². The molecule has 0 aliphatic carbocycles. The first kappa shape index (κ1) is 26.9. The molecule has 2 aliphatic rings. The second-order valence-corrected chi connectivity index (χ2v) is 11.5. The summed E-state index contributed by atoms with van der Waals surface area (Å²) < 4.78 is 6.33. The largest absolute Gasteiger partial charge is 0.453 e. The second-order valence-electron chi connectivity index (χ2n) is 10.4. The highest BCUT2D eigenvalue weighted by Gasteiger charge is 2.59. The fraction of sp³-hybridized carbons (Fsp3) is 0.517. The van der Waals surface area contributed by atoms with E-state index in [1.54, 1.807) is 0 Å². The van der Waals surface area contributed by atoms with Gasteiger partial charge in [0.1, 0.15) is 22.9 Å². The number of carbonyl (C=O) groups is 2. The van der Waals surface area contributed by atoms with E-state index < -0.39 is 22.5 Å². The monoisotopic (exact) mass is 510 g/mol. The highest BCUT2D eigenvalue weighted by Crippen LogP contribution is 2.50. The Morgan fingerprint density at radius 1 is 1.08 bits per heavy atom. The van der Waals surface area contributed by atoms with Crippen LogP contribution in [0.3, 0.4) is 0 Å². The van der Waals surface area contributed by atoms with Crippen LogP contribution in [0.5, 0.6) is 0 Å². The molecule has 3 unspecified atom stereocenters. The number of esters is 1. The van der Waals surface area contributed by atoms with Crippen LogP contribution in [0.4, 0.5) is 0 Å². The van der Waals surface area contributed by atoms with Crippen LogP contribution in [0.15, 0.2) is 59.5 Å². The van der Waals surface area contributed by atoms with Gasteiger partial charge in [0, 0.05) is 43.9 Å². The number of hydrogen-bond acceptors (Lipinski definition) is 7. The number of piperazine rings is 1. The molecule has 1 N–H and O–H groups in total. The summed E-state index contributed by atoms with van der Waals surface area (Å²) in [5, 5.41) is 11.8. The molecule has 36 heavy (non-hydrogen) atoms. The normalized spacial score (nSPS) is 27.7. The number of thioether (sulfide) groups is 1. The Balaban J connectivity index is 1.76. The van der Waals surface area contributed by atoms with Gasteiger partial charge in [0.15, 0.2) is 0 Å². The minimum Gasteiger partial charge on any atom is -0.453 e. The Kier molecular flexibility index (Phi) is 8.56. The van der Waals surface area contributed by atoms with Gasteiger partial charge < -0.3 is 19.5 Å². The molecule has 2 heterocycles. The molecule has 2 aromatic carbocycles. The van der Waals surface area contributed by atoms with Crippen LogP contribution in [0, 0.1) is 0 Å². The molecule has 194 valence electrons. The van der Waals surface area contributed by atoms with Crippen LogP contribution in [-0.2, 0) is 19.9 Å². The fourth-order valence-corrected chi connectivity index (χ4v) is 6.86. The second kappa shape index (κ2) is 11.5. The number of ether oxygens (including phenoxy) is 1. The first-order valence-electron chi connectivity index (χ1n) is 12.9. The quantitative estimate of drug-likeness (QED) is 0.304. The molecule has 2 fully saturated rings. The molecule has 6 nitrogen and oxygen atoms in total. The molecule has 0 bridgehead atoms. The number of likely N-dealkylation sites (N-methyl/N-ethyl adjacent to an activating group) is 1. The lowest BCUT2D eigenvalue weighted by Crippen LogP contribution is -2.68. The summed E-state index contributed by atoms with van der Waals surface area (Å²) in [5.41, 5.74) is -0.374. The van der Waals surface area contributed by atoms with Crippen molar-refractivity contribution in [2.24, 2.45) is 0 Å². The smallest absolute Gasteiger partial charge is 0.324 e. The van der Waals surface area contributed by atoms with Gasteiger partial charge in [-0.25, -0.2) is 0 Å². The SMILES string of the molecule is CC(C)c1ccccc1SC1C(=O)OC(CCCC=O)(c2ccccc2)CC1(O)N1CCN(C)CC1. The molecule has 2 saturated heterocycles. The Morgan fingerprint density at radius 3 is 2.42 bits per heavy atom. The maximum absolute atomic E-state index is 13.9. The van der Waals surface area contributed by atoms with Gasteiger partial charge in [-0.05, 0) is 43.0 Å². The zero-order chi connectivity index (χ0) is 25.8. The lowest BCUT2D eigenvalue weighted by molar-refractivity contribution is -0.224. The number of hydrogen-bond donors (Lipinski definition) is 1. The Morgan fingerprint density at radius 2 is 1.75 bits per heavy atom. The molecular formula is C29H38N2O4S. The van der Waals surface area contributed by atoms with Gasteiger partial charge in [0.2, 0.25) is 0 Å². The standard InChI is InChI=1S/C29H38N2O4S/c1-22(2)24-13-7-8-14-25(24)36-26-27(33)35-28(15-9-10-20-32,23-11-5-4-6-12-23)21-29(26,34)31-18-16-30(3)17-19-31/h4-8,11-14,20,22,26,34H,9-10,15-19,21H2,1-3H3. The Bertz CT molecular complexity index is 1040. The molecule has 0 amide bonds. The third-order valence-electron chi connectivity index (χ3n) is 7.51. The van der Waals surface area contributed by atoms with Crippen LogP contribution in [-0.4, -0.2) is 71.4 Å². The molecule has 0 spiro atoms. The van der Waals surface area contributed by atoms with Crippen molar-refractivity contribution < 1.29 is 19.4 Å². The average Bonchev–Trinajstić information content (AvgIpc) is 2.87. The van der Waals surface area contributed by atoms with Gasteiger partial charge in [-0.3, -0.25) is 9.69 Å². The molecule has 0 aromatic heterocycles. The number of aldehydes is 1. The number of unbranched alkanes of at least 4 members (excludes halogenated alkanes) is 1. The van der Waals surface area contributed by atoms with Gasteiger partial charge in [-0.1, -0.05) is 62.4 Å². The lowest BCUT2D eigenvalue weighted by Gasteiger charge is -2.54. The van der Waals surface area contributed by atoms with Crippen molar-refractivity contribution in [3.05, 3.63) is 65.7 Å². The number of aliphatic hydroxyl groups is 1. The van der Waals surface area contributed by atoms with Crippen molar-refractivity contribution in [3.63, 3.8) is 0 Å². The Hall–Kier alpha value is -2.19. The van der Waals surface area contributed by atoms with Crippen LogP contribution >= 0.6 is 11.8 Å². The summed E-state index contributed by atoms with van der Waals surface area (Å²) in [6.07, 6.45) is 2.62. The maximum atomic E-state index is 13.9. The minimum absolute atomic E-state index is 0.264. The molecule has 3 atom stereocenters. The molecule has 2 aromatic rings. The molecule has 2 aliphatic heterocycles. The predicted octanol–water partition coefficient (Wildman–Crippen LogP) is 4.42. The van der Waals surface area contributed by atoms with E-state index in [1.165, 1.54) is 11.8 Å². The number of carbonyl (C=O) groups excluding carboxylic acids is 2. The van der Waals surface area contributed by atoms with Crippen molar-refractivity contribution in [2.75, 3.05) is 33.2 Å². The molecular weight excluding hydrogens is 472 g/mol. The van der Waals surface area contributed by atoms with Crippen molar-refractivity contribution in [3.8, 4) is 0 Å². The van der Waals surface area contributed by atoms with Gasteiger partial charge >= 0.3 is 5.97 Å². The summed E-state index contributed by atoms with van der Waals surface area (Å²) >= 11 is 1.42. The van der Waals surface area contributed by atoms with Gasteiger partial charge in [0.05, 0.1) is 0 Å². The van der Waals surface area contributed by atoms with Crippen molar-refractivity contribution in [1.29, 1.82) is 0 Å². The number of rotatable bonds is 9. The van der Waals surface area contributed by atoms with Crippen LogP contribution in [0.2, 0.25) is 0 Å². The Labute approximate surface area is 219 Å². The fourth-order valence-electron chi connectivity index (χ4n) is 5.45. The number of cyclic esters (lactones) is 1. The van der Waals surface area contributed by atoms with E-state index in [0.717, 1.165) is 35.4 Å². The average molecular weight is 511 g/mol. The van der Waals surface area contributed by atoms with E-state index in [-0.39, 0.29) is 12.3 Å². The lowest BCUT2D eigenvalue weighted by atomic mass is 9.77. The van der Waals surface area contributed by atoms with E-state index in [4.69, 9.17) is 4.74 Å². The molecule has 7 heteroatoms. The summed E-state index contributed by atoms with van der Waals surface area (Å²) in [6, 6.07) is 17.8. The third-order valence-corrected chi connectivity index (χ3v) is 8.95. The predicted molar refractivity (Wildman–Crippen MR) is 143 cm³/mol. The highest BCUT2D eigenvalue weighted by molar-refractivity contribution is 8.00. The zero-order valence-electron chi connectivity index (χ0n) is 21.6. The van der Waals surface area contributed by atoms with E-state index in [2.05, 4.69) is 36.8 Å². The van der Waals surface area contributed by atoms with Crippen molar-refractivity contribution in [2.45, 2.75) is 66.9 Å². The van der Waals surface area contributed by atoms with Gasteiger partial charge in [0.25, 0.3) is 0 Å². The molecule has 4 rings (SSSR count). The maximum Gasteiger partial charge on any atom is 0.324 e. The van der Waals surface area contributed by atoms with Crippen LogP contribution in [0.1, 0.15) is 56.6 Å². The topological polar surface area (TPSA) is 70.1 Å². The minimum atomic E-state index is -1.40. The van der Waals surface area contributed by atoms with E-state index >= 15 is 0 Å². The highest BCUT2D eigenvalue weighted by atomic mass is 32.2. The van der Waals surface area contributed by atoms with Crippen LogP contribution in [0.25, 0.3) is 0 Å². The van der Waals surface area contributed by atoms with E-state index in [1.807, 2.05) is 48.5 Å². The van der Waals surface area contributed by atoms with Crippen LogP contribution < -0.4 is 0 Å². The van der Waals surface area contributed by atoms with E-state index in [0.29, 0.717) is 32.4 Å². The summed E-state index contributed by atoms with van der Waals surface area (Å²) in [4.78, 5) is 30.4. The molecule has 0 radical (unpaired) electrons. The number of benzene rings is 2.